The van der Waals surface area contributed by atoms with Crippen molar-refractivity contribution in [3.8, 4) is 0 Å². The van der Waals surface area contributed by atoms with Crippen molar-refractivity contribution in [3.63, 3.8) is 0 Å². The molecule has 1 rings (SSSR count). The summed E-state index contributed by atoms with van der Waals surface area (Å²) in [6.07, 6.45) is 4.89. The summed E-state index contributed by atoms with van der Waals surface area (Å²) in [4.78, 5) is 23.0. The van der Waals surface area contributed by atoms with Gasteiger partial charge in [-0.1, -0.05) is 6.42 Å². The Labute approximate surface area is 106 Å². The molecule has 0 aromatic carbocycles. The van der Waals surface area contributed by atoms with E-state index in [2.05, 4.69) is 5.32 Å². The Morgan fingerprint density at radius 2 is 2.18 bits per heavy atom. The molecule has 1 fully saturated rings. The topological polar surface area (TPSA) is 92.4 Å². The molecule has 0 unspecified atom stereocenters. The number of carbonyl (C=O) groups excluding carboxylic acids is 1. The minimum Gasteiger partial charge on any atom is -0.480 e. The zero-order chi connectivity index (χ0) is 12.9. The maximum atomic E-state index is 12.0. The van der Waals surface area contributed by atoms with Gasteiger partial charge in [-0.15, -0.1) is 0 Å². The normalized spacial score (nSPS) is 19.2. The molecule has 0 aromatic heterocycles. The van der Waals surface area contributed by atoms with Gasteiger partial charge < -0.3 is 16.2 Å². The Balaban J connectivity index is 2.54. The number of amides is 1. The molecule has 0 radical (unpaired) electrons. The number of thioether (sulfide) groups is 1. The number of carboxylic acids is 1. The minimum absolute atomic E-state index is 0.195. The molecule has 0 bridgehead atoms. The van der Waals surface area contributed by atoms with Crippen LogP contribution in [0.15, 0.2) is 0 Å². The Hall–Kier alpha value is -0.750. The molecule has 1 saturated carbocycles. The fraction of sp³-hybridized carbons (Fsp3) is 0.818. The summed E-state index contributed by atoms with van der Waals surface area (Å²) >= 11 is 1.57. The first-order valence-electron chi connectivity index (χ1n) is 5.78. The smallest absolute Gasteiger partial charge is 0.326 e. The van der Waals surface area contributed by atoms with E-state index in [4.69, 9.17) is 10.8 Å². The molecule has 17 heavy (non-hydrogen) atoms. The Morgan fingerprint density at radius 3 is 2.53 bits per heavy atom. The molecular formula is C11H20N2O3S. The van der Waals surface area contributed by atoms with Crippen molar-refractivity contribution in [1.82, 2.24) is 5.32 Å². The van der Waals surface area contributed by atoms with Gasteiger partial charge in [0.2, 0.25) is 5.91 Å². The number of nitrogens with two attached hydrogens (primary N) is 1. The maximum absolute atomic E-state index is 12.0. The van der Waals surface area contributed by atoms with Gasteiger partial charge >= 0.3 is 5.97 Å². The van der Waals surface area contributed by atoms with Gasteiger partial charge in [0, 0.05) is 6.54 Å². The van der Waals surface area contributed by atoms with Crippen LogP contribution in [0.25, 0.3) is 0 Å². The molecule has 5 nitrogen and oxygen atoms in total. The molecular weight excluding hydrogens is 240 g/mol. The molecule has 4 N–H and O–H groups in total. The predicted molar refractivity (Wildman–Crippen MR) is 67.9 cm³/mol. The summed E-state index contributed by atoms with van der Waals surface area (Å²) in [5.41, 5.74) is 5.10. The van der Waals surface area contributed by atoms with Gasteiger partial charge in [-0.05, 0) is 31.3 Å². The summed E-state index contributed by atoms with van der Waals surface area (Å²) in [5, 5.41) is 11.6. The number of hydrogen-bond donors (Lipinski definition) is 3. The van der Waals surface area contributed by atoms with Crippen LogP contribution < -0.4 is 11.1 Å². The largest absolute Gasteiger partial charge is 0.480 e. The second-order valence-electron chi connectivity index (χ2n) is 4.48. The van der Waals surface area contributed by atoms with Crippen LogP contribution in [0.1, 0.15) is 25.7 Å². The van der Waals surface area contributed by atoms with Gasteiger partial charge in [0.25, 0.3) is 0 Å². The van der Waals surface area contributed by atoms with Gasteiger partial charge in [-0.2, -0.15) is 11.8 Å². The highest BCUT2D eigenvalue weighted by atomic mass is 32.2. The van der Waals surface area contributed by atoms with Gasteiger partial charge in [-0.3, -0.25) is 4.79 Å². The molecule has 1 aliphatic carbocycles. The number of rotatable bonds is 7. The van der Waals surface area contributed by atoms with Gasteiger partial charge in [-0.25, -0.2) is 4.79 Å². The quantitative estimate of drug-likeness (QED) is 0.617. The average Bonchev–Trinajstić information content (AvgIpc) is 2.23. The summed E-state index contributed by atoms with van der Waals surface area (Å²) in [7, 11) is 0. The molecule has 0 aromatic rings. The van der Waals surface area contributed by atoms with E-state index in [-0.39, 0.29) is 5.91 Å². The van der Waals surface area contributed by atoms with Crippen molar-refractivity contribution >= 4 is 23.6 Å². The number of carboxylic acid groups (broad SMARTS) is 1. The number of aliphatic carboxylic acids is 1. The molecule has 98 valence electrons. The van der Waals surface area contributed by atoms with Crippen LogP contribution in [0.5, 0.6) is 0 Å². The summed E-state index contributed by atoms with van der Waals surface area (Å²) in [6.45, 7) is 0.299. The van der Waals surface area contributed by atoms with Gasteiger partial charge in [0.05, 0.1) is 5.41 Å². The first-order valence-corrected chi connectivity index (χ1v) is 7.18. The van der Waals surface area contributed by atoms with Gasteiger partial charge in [0.1, 0.15) is 6.04 Å². The van der Waals surface area contributed by atoms with E-state index in [9.17, 15) is 9.59 Å². The monoisotopic (exact) mass is 260 g/mol. The Morgan fingerprint density at radius 1 is 1.53 bits per heavy atom. The lowest BCUT2D eigenvalue weighted by Crippen LogP contribution is -2.54. The third-order valence-electron chi connectivity index (χ3n) is 3.40. The highest BCUT2D eigenvalue weighted by molar-refractivity contribution is 7.98. The number of hydrogen-bond acceptors (Lipinski definition) is 4. The van der Waals surface area contributed by atoms with E-state index < -0.39 is 17.4 Å². The number of nitrogens with one attached hydrogen (secondary N) is 1. The second-order valence-corrected chi connectivity index (χ2v) is 5.47. The highest BCUT2D eigenvalue weighted by Gasteiger charge is 2.43. The third kappa shape index (κ3) is 3.35. The van der Waals surface area contributed by atoms with E-state index in [0.29, 0.717) is 18.7 Å². The lowest BCUT2D eigenvalue weighted by Gasteiger charge is -2.39. The molecule has 0 spiro atoms. The SMILES string of the molecule is CSCC[C@@H](NC(=O)C1(CN)CCC1)C(=O)O. The van der Waals surface area contributed by atoms with E-state index >= 15 is 0 Å². The van der Waals surface area contributed by atoms with Crippen molar-refractivity contribution in [3.05, 3.63) is 0 Å². The first-order chi connectivity index (χ1) is 8.05. The van der Waals surface area contributed by atoms with E-state index in [1.165, 1.54) is 0 Å². The van der Waals surface area contributed by atoms with Crippen molar-refractivity contribution in [2.75, 3.05) is 18.6 Å². The molecule has 0 aliphatic heterocycles. The van der Waals surface area contributed by atoms with Crippen LogP contribution in [0.4, 0.5) is 0 Å². The van der Waals surface area contributed by atoms with Crippen LogP contribution in [-0.2, 0) is 9.59 Å². The van der Waals surface area contributed by atoms with Crippen molar-refractivity contribution < 1.29 is 14.7 Å². The minimum atomic E-state index is -0.973. The van der Waals surface area contributed by atoms with Crippen LogP contribution in [0.3, 0.4) is 0 Å². The van der Waals surface area contributed by atoms with Crippen molar-refractivity contribution in [2.45, 2.75) is 31.7 Å². The van der Waals surface area contributed by atoms with Crippen molar-refractivity contribution in [2.24, 2.45) is 11.1 Å². The molecule has 1 atom stereocenters. The van der Waals surface area contributed by atoms with E-state index in [1.807, 2.05) is 6.26 Å². The van der Waals surface area contributed by atoms with E-state index in [0.717, 1.165) is 19.3 Å². The molecule has 0 heterocycles. The lowest BCUT2D eigenvalue weighted by molar-refractivity contribution is -0.145. The van der Waals surface area contributed by atoms with Crippen LogP contribution in [0.2, 0.25) is 0 Å². The fourth-order valence-corrected chi connectivity index (χ4v) is 2.40. The molecule has 1 aliphatic rings. The number of carbonyl (C=O) groups is 2. The predicted octanol–water partition coefficient (Wildman–Crippen LogP) is 0.438. The van der Waals surface area contributed by atoms with Gasteiger partial charge in [0.15, 0.2) is 0 Å². The van der Waals surface area contributed by atoms with E-state index in [1.54, 1.807) is 11.8 Å². The zero-order valence-corrected chi connectivity index (χ0v) is 10.9. The second kappa shape index (κ2) is 6.26. The Kier molecular flexibility index (Phi) is 5.27. The molecule has 6 heteroatoms. The zero-order valence-electron chi connectivity index (χ0n) is 10.1. The highest BCUT2D eigenvalue weighted by Crippen LogP contribution is 2.40. The average molecular weight is 260 g/mol. The standard InChI is InChI=1S/C11H20N2O3S/c1-17-6-3-8(9(14)15)13-10(16)11(7-12)4-2-5-11/h8H,2-7,12H2,1H3,(H,13,16)(H,14,15)/t8-/m1/s1. The molecule has 0 saturated heterocycles. The lowest BCUT2D eigenvalue weighted by atomic mass is 9.68. The maximum Gasteiger partial charge on any atom is 0.326 e. The van der Waals surface area contributed by atoms with Crippen LogP contribution in [-0.4, -0.2) is 41.6 Å². The fourth-order valence-electron chi connectivity index (χ4n) is 1.93. The van der Waals surface area contributed by atoms with Crippen molar-refractivity contribution in [1.29, 1.82) is 0 Å². The Bertz CT molecular complexity index is 287. The summed E-state index contributed by atoms with van der Waals surface area (Å²) in [5.74, 6) is -0.453. The summed E-state index contributed by atoms with van der Waals surface area (Å²) < 4.78 is 0. The van der Waals surface area contributed by atoms with Crippen LogP contribution >= 0.6 is 11.8 Å². The third-order valence-corrected chi connectivity index (χ3v) is 4.04. The molecule has 1 amide bonds. The summed E-state index contributed by atoms with van der Waals surface area (Å²) in [6, 6.07) is -0.793. The first kappa shape index (κ1) is 14.3. The van der Waals surface area contributed by atoms with Crippen LogP contribution in [0, 0.1) is 5.41 Å².